The van der Waals surface area contributed by atoms with Crippen LogP contribution in [0.2, 0.25) is 0 Å². The summed E-state index contributed by atoms with van der Waals surface area (Å²) in [5.41, 5.74) is 1.65. The molecule has 2 N–H and O–H groups in total. The summed E-state index contributed by atoms with van der Waals surface area (Å²) in [5, 5.41) is 6.30. The van der Waals surface area contributed by atoms with Gasteiger partial charge in [-0.3, -0.25) is 4.99 Å². The number of aryl methyl sites for hydroxylation is 1. The predicted molar refractivity (Wildman–Crippen MR) is 109 cm³/mol. The second-order valence-electron chi connectivity index (χ2n) is 6.33. The first-order valence-corrected chi connectivity index (χ1v) is 12.4. The molecule has 8 nitrogen and oxygen atoms in total. The average Bonchev–Trinajstić information content (AvgIpc) is 2.55. The maximum absolute atomic E-state index is 11.7. The van der Waals surface area contributed by atoms with Crippen LogP contribution in [0, 0.1) is 6.92 Å². The smallest absolute Gasteiger partial charge is 0.211 e. The van der Waals surface area contributed by atoms with E-state index in [0.29, 0.717) is 49.0 Å². The van der Waals surface area contributed by atoms with Gasteiger partial charge in [-0.05, 0) is 30.5 Å². The highest BCUT2D eigenvalue weighted by Crippen LogP contribution is 2.16. The molecule has 0 aliphatic carbocycles. The van der Waals surface area contributed by atoms with Crippen molar-refractivity contribution >= 4 is 25.8 Å². The first-order valence-electron chi connectivity index (χ1n) is 8.68. The molecule has 0 atom stereocenters. The third-order valence-corrected chi connectivity index (χ3v) is 6.66. The van der Waals surface area contributed by atoms with E-state index in [2.05, 4.69) is 15.6 Å². The van der Waals surface area contributed by atoms with E-state index in [1.807, 2.05) is 13.0 Å². The first kappa shape index (κ1) is 23.4. The fourth-order valence-corrected chi connectivity index (χ4v) is 4.55. The molecule has 1 rings (SSSR count). The Labute approximate surface area is 163 Å². The SMILES string of the molecule is CCN(CCCNC(=NC)NCc1ccc(S(C)(=O)=O)c(C)c1)S(C)(=O)=O. The zero-order valence-corrected chi connectivity index (χ0v) is 18.2. The molecular weight excluding hydrogens is 388 g/mol. The summed E-state index contributed by atoms with van der Waals surface area (Å²) < 4.78 is 47.9. The van der Waals surface area contributed by atoms with Crippen molar-refractivity contribution in [1.29, 1.82) is 0 Å². The van der Waals surface area contributed by atoms with Crippen LogP contribution >= 0.6 is 0 Å². The number of benzene rings is 1. The Morgan fingerprint density at radius 1 is 1.15 bits per heavy atom. The number of nitrogens with one attached hydrogen (secondary N) is 2. The Balaban J connectivity index is 2.53. The molecule has 0 spiro atoms. The molecule has 10 heteroatoms. The minimum atomic E-state index is -3.22. The van der Waals surface area contributed by atoms with E-state index in [0.717, 1.165) is 5.56 Å². The third-order valence-electron chi connectivity index (χ3n) is 4.02. The zero-order valence-electron chi connectivity index (χ0n) is 16.6. The quantitative estimate of drug-likeness (QED) is 0.348. The number of guanidine groups is 1. The summed E-state index contributed by atoms with van der Waals surface area (Å²) in [7, 11) is -4.74. The maximum atomic E-state index is 11.7. The Hall–Kier alpha value is -1.65. The van der Waals surface area contributed by atoms with Crippen molar-refractivity contribution in [2.24, 2.45) is 4.99 Å². The van der Waals surface area contributed by atoms with Crippen LogP contribution < -0.4 is 10.6 Å². The minimum absolute atomic E-state index is 0.333. The fourth-order valence-electron chi connectivity index (χ4n) is 2.66. The lowest BCUT2D eigenvalue weighted by Crippen LogP contribution is -2.39. The lowest BCUT2D eigenvalue weighted by molar-refractivity contribution is 0.424. The van der Waals surface area contributed by atoms with Crippen LogP contribution in [0.1, 0.15) is 24.5 Å². The standard InChI is InChI=1S/C17H30N4O4S2/c1-6-21(27(5,24)25)11-7-10-19-17(18-3)20-13-15-8-9-16(14(2)12-15)26(4,22)23/h8-9,12H,6-7,10-11,13H2,1-5H3,(H2,18,19,20). The molecule has 0 aliphatic rings. The van der Waals surface area contributed by atoms with Crippen molar-refractivity contribution in [2.75, 3.05) is 39.2 Å². The molecule has 0 aliphatic heterocycles. The zero-order chi connectivity index (χ0) is 20.7. The van der Waals surface area contributed by atoms with Crippen molar-refractivity contribution in [1.82, 2.24) is 14.9 Å². The summed E-state index contributed by atoms with van der Waals surface area (Å²) in [6.07, 6.45) is 3.06. The number of sulfone groups is 1. The molecule has 0 saturated carbocycles. The van der Waals surface area contributed by atoms with Gasteiger partial charge in [0.15, 0.2) is 15.8 Å². The molecule has 27 heavy (non-hydrogen) atoms. The van der Waals surface area contributed by atoms with Gasteiger partial charge < -0.3 is 10.6 Å². The number of aliphatic imine (C=N–C) groups is 1. The van der Waals surface area contributed by atoms with Gasteiger partial charge in [0.2, 0.25) is 10.0 Å². The van der Waals surface area contributed by atoms with Crippen molar-refractivity contribution in [3.8, 4) is 0 Å². The Morgan fingerprint density at radius 2 is 1.81 bits per heavy atom. The second kappa shape index (κ2) is 10.0. The molecule has 0 fully saturated rings. The van der Waals surface area contributed by atoms with Gasteiger partial charge in [0, 0.05) is 39.5 Å². The summed E-state index contributed by atoms with van der Waals surface area (Å²) >= 11 is 0. The van der Waals surface area contributed by atoms with Gasteiger partial charge in [0.25, 0.3) is 0 Å². The monoisotopic (exact) mass is 418 g/mol. The molecule has 154 valence electrons. The summed E-state index contributed by atoms with van der Waals surface area (Å²) in [6, 6.07) is 5.22. The minimum Gasteiger partial charge on any atom is -0.356 e. The largest absolute Gasteiger partial charge is 0.356 e. The van der Waals surface area contributed by atoms with Gasteiger partial charge in [-0.15, -0.1) is 0 Å². The average molecular weight is 419 g/mol. The van der Waals surface area contributed by atoms with Crippen molar-refractivity contribution < 1.29 is 16.8 Å². The maximum Gasteiger partial charge on any atom is 0.211 e. The van der Waals surface area contributed by atoms with Gasteiger partial charge in [-0.2, -0.15) is 0 Å². The molecule has 0 bridgehead atoms. The molecule has 1 aromatic carbocycles. The van der Waals surface area contributed by atoms with Gasteiger partial charge in [-0.1, -0.05) is 19.1 Å². The van der Waals surface area contributed by atoms with E-state index in [1.54, 1.807) is 26.1 Å². The van der Waals surface area contributed by atoms with Crippen LogP contribution in [0.25, 0.3) is 0 Å². The molecule has 0 unspecified atom stereocenters. The molecule has 1 aromatic rings. The Morgan fingerprint density at radius 3 is 2.30 bits per heavy atom. The summed E-state index contributed by atoms with van der Waals surface area (Å²) in [6.45, 7) is 5.56. The van der Waals surface area contributed by atoms with Crippen molar-refractivity contribution in [2.45, 2.75) is 31.7 Å². The molecular formula is C17H30N4O4S2. The van der Waals surface area contributed by atoms with Crippen LogP contribution in [0.4, 0.5) is 0 Å². The van der Waals surface area contributed by atoms with E-state index < -0.39 is 19.9 Å². The van der Waals surface area contributed by atoms with E-state index in [-0.39, 0.29) is 0 Å². The lowest BCUT2D eigenvalue weighted by atomic mass is 10.1. The highest BCUT2D eigenvalue weighted by molar-refractivity contribution is 7.90. The molecule has 0 radical (unpaired) electrons. The van der Waals surface area contributed by atoms with Crippen molar-refractivity contribution in [3.05, 3.63) is 29.3 Å². The normalized spacial score (nSPS) is 13.0. The van der Waals surface area contributed by atoms with Gasteiger partial charge in [0.1, 0.15) is 0 Å². The van der Waals surface area contributed by atoms with E-state index in [4.69, 9.17) is 0 Å². The molecule has 0 aromatic heterocycles. The second-order valence-corrected chi connectivity index (χ2v) is 10.3. The Bertz CT molecular complexity index is 865. The highest BCUT2D eigenvalue weighted by Gasteiger charge is 2.13. The van der Waals surface area contributed by atoms with E-state index >= 15 is 0 Å². The number of nitrogens with zero attached hydrogens (tertiary/aromatic N) is 2. The number of sulfonamides is 1. The lowest BCUT2D eigenvalue weighted by Gasteiger charge is -2.18. The first-order chi connectivity index (χ1) is 12.5. The third kappa shape index (κ3) is 7.86. The number of rotatable bonds is 9. The van der Waals surface area contributed by atoms with Gasteiger partial charge in [0.05, 0.1) is 11.2 Å². The summed E-state index contributed by atoms with van der Waals surface area (Å²) in [4.78, 5) is 4.47. The van der Waals surface area contributed by atoms with Crippen LogP contribution in [-0.2, 0) is 26.4 Å². The highest BCUT2D eigenvalue weighted by atomic mass is 32.2. The van der Waals surface area contributed by atoms with Crippen LogP contribution in [-0.4, -0.2) is 66.3 Å². The summed E-state index contributed by atoms with van der Waals surface area (Å²) in [5.74, 6) is 0.599. The van der Waals surface area contributed by atoms with Crippen LogP contribution in [0.3, 0.4) is 0 Å². The topological polar surface area (TPSA) is 108 Å². The number of hydrogen-bond acceptors (Lipinski definition) is 5. The molecule has 0 heterocycles. The van der Waals surface area contributed by atoms with Crippen molar-refractivity contribution in [3.63, 3.8) is 0 Å². The van der Waals surface area contributed by atoms with Gasteiger partial charge in [-0.25, -0.2) is 21.1 Å². The molecule has 0 saturated heterocycles. The van der Waals surface area contributed by atoms with E-state index in [1.165, 1.54) is 16.8 Å². The molecule has 0 amide bonds. The number of hydrogen-bond donors (Lipinski definition) is 2. The van der Waals surface area contributed by atoms with Crippen LogP contribution in [0.5, 0.6) is 0 Å². The Kier molecular flexibility index (Phi) is 8.70. The van der Waals surface area contributed by atoms with E-state index in [9.17, 15) is 16.8 Å². The predicted octanol–water partition coefficient (Wildman–Crippen LogP) is 0.735. The van der Waals surface area contributed by atoms with Crippen LogP contribution in [0.15, 0.2) is 28.1 Å². The van der Waals surface area contributed by atoms with Gasteiger partial charge >= 0.3 is 0 Å². The fraction of sp³-hybridized carbons (Fsp3) is 0.588.